The van der Waals surface area contributed by atoms with Crippen molar-refractivity contribution in [2.45, 2.75) is 32.6 Å². The van der Waals surface area contributed by atoms with Crippen LogP contribution in [-0.4, -0.2) is 30.3 Å². The smallest absolute Gasteiger partial charge is 0.245 e. The van der Waals surface area contributed by atoms with Crippen LogP contribution >= 0.6 is 0 Å². The molecule has 0 aliphatic heterocycles. The van der Waals surface area contributed by atoms with E-state index in [2.05, 4.69) is 0 Å². The molecule has 0 spiro atoms. The van der Waals surface area contributed by atoms with Gasteiger partial charge in [-0.2, -0.15) is 0 Å². The summed E-state index contributed by atoms with van der Waals surface area (Å²) in [6.45, 7) is 2.71. The number of amides is 1. The van der Waals surface area contributed by atoms with Crippen LogP contribution in [0, 0.1) is 0 Å². The number of halogens is 2. The molecule has 4 heteroatoms. The van der Waals surface area contributed by atoms with Crippen LogP contribution in [0.4, 0.5) is 8.78 Å². The Morgan fingerprint density at radius 3 is 2.33 bits per heavy atom. The van der Waals surface area contributed by atoms with Crippen molar-refractivity contribution >= 4 is 5.91 Å². The third-order valence-electron chi connectivity index (χ3n) is 1.65. The quantitative estimate of drug-likeness (QED) is 0.645. The summed E-state index contributed by atoms with van der Waals surface area (Å²) in [4.78, 5) is 12.1. The molecule has 12 heavy (non-hydrogen) atoms. The lowest BCUT2D eigenvalue weighted by atomic mass is 10.2. The summed E-state index contributed by atoms with van der Waals surface area (Å²) in [5.41, 5.74) is 0. The van der Waals surface area contributed by atoms with Crippen LogP contribution in [-0.2, 0) is 4.79 Å². The van der Waals surface area contributed by atoms with Crippen molar-refractivity contribution < 1.29 is 13.6 Å². The van der Waals surface area contributed by atoms with E-state index in [4.69, 9.17) is 0 Å². The van der Waals surface area contributed by atoms with Crippen LogP contribution in [0.5, 0.6) is 0 Å². The highest BCUT2D eigenvalue weighted by molar-refractivity contribution is 5.72. The first-order valence-electron chi connectivity index (χ1n) is 3.92. The summed E-state index contributed by atoms with van der Waals surface area (Å²) in [6.07, 6.45) is 0.185. The molecule has 0 heterocycles. The standard InChI is InChI=1S/C8H15F2NO/c1-7(12)11(3)6-4-5-8(2,9)10/h4-6H2,1-3H3. The highest BCUT2D eigenvalue weighted by Gasteiger charge is 2.20. The third kappa shape index (κ3) is 6.07. The van der Waals surface area contributed by atoms with E-state index in [-0.39, 0.29) is 12.3 Å². The number of alkyl halides is 2. The van der Waals surface area contributed by atoms with Crippen LogP contribution in [0.1, 0.15) is 26.7 Å². The molecule has 0 aromatic heterocycles. The van der Waals surface area contributed by atoms with E-state index >= 15 is 0 Å². The average molecular weight is 179 g/mol. The highest BCUT2D eigenvalue weighted by Crippen LogP contribution is 2.18. The number of hydrogen-bond acceptors (Lipinski definition) is 1. The Kier molecular flexibility index (Phi) is 4.13. The van der Waals surface area contributed by atoms with Crippen molar-refractivity contribution in [2.24, 2.45) is 0 Å². The van der Waals surface area contributed by atoms with Gasteiger partial charge in [-0.1, -0.05) is 0 Å². The van der Waals surface area contributed by atoms with Gasteiger partial charge in [-0.15, -0.1) is 0 Å². The van der Waals surface area contributed by atoms with Gasteiger partial charge < -0.3 is 4.90 Å². The van der Waals surface area contributed by atoms with E-state index in [0.29, 0.717) is 13.0 Å². The lowest BCUT2D eigenvalue weighted by molar-refractivity contribution is -0.127. The normalized spacial score (nSPS) is 11.4. The number of hydrogen-bond donors (Lipinski definition) is 0. The lowest BCUT2D eigenvalue weighted by Gasteiger charge is -2.16. The van der Waals surface area contributed by atoms with Gasteiger partial charge in [0.15, 0.2) is 0 Å². The summed E-state index contributed by atoms with van der Waals surface area (Å²) >= 11 is 0. The van der Waals surface area contributed by atoms with Crippen LogP contribution in [0.15, 0.2) is 0 Å². The van der Waals surface area contributed by atoms with Crippen LogP contribution in [0.2, 0.25) is 0 Å². The zero-order valence-corrected chi connectivity index (χ0v) is 7.73. The monoisotopic (exact) mass is 179 g/mol. The maximum absolute atomic E-state index is 12.3. The van der Waals surface area contributed by atoms with Gasteiger partial charge in [0.1, 0.15) is 0 Å². The maximum atomic E-state index is 12.3. The molecule has 1 amide bonds. The minimum Gasteiger partial charge on any atom is -0.346 e. The Morgan fingerprint density at radius 2 is 2.00 bits per heavy atom. The average Bonchev–Trinajstić information content (AvgIpc) is 1.84. The Bertz CT molecular complexity index is 154. The fraction of sp³-hybridized carbons (Fsp3) is 0.875. The molecule has 0 fully saturated rings. The van der Waals surface area contributed by atoms with E-state index in [0.717, 1.165) is 6.92 Å². The van der Waals surface area contributed by atoms with Crippen molar-refractivity contribution in [3.05, 3.63) is 0 Å². The second kappa shape index (κ2) is 4.38. The fourth-order valence-corrected chi connectivity index (χ4v) is 0.784. The predicted octanol–water partition coefficient (Wildman–Crippen LogP) is 1.90. The van der Waals surface area contributed by atoms with Crippen LogP contribution < -0.4 is 0 Å². The van der Waals surface area contributed by atoms with Crippen LogP contribution in [0.25, 0.3) is 0 Å². The van der Waals surface area contributed by atoms with Gasteiger partial charge in [-0.05, 0) is 13.3 Å². The highest BCUT2D eigenvalue weighted by atomic mass is 19.3. The molecule has 0 aliphatic carbocycles. The first-order chi connectivity index (χ1) is 5.33. The predicted molar refractivity (Wildman–Crippen MR) is 43.2 cm³/mol. The number of carbonyl (C=O) groups excluding carboxylic acids is 1. The van der Waals surface area contributed by atoms with E-state index in [1.54, 1.807) is 7.05 Å². The lowest BCUT2D eigenvalue weighted by Crippen LogP contribution is -2.26. The molecule has 0 bridgehead atoms. The fourth-order valence-electron chi connectivity index (χ4n) is 0.784. The summed E-state index contributed by atoms with van der Waals surface area (Å²) < 4.78 is 24.5. The largest absolute Gasteiger partial charge is 0.346 e. The van der Waals surface area contributed by atoms with E-state index < -0.39 is 5.92 Å². The maximum Gasteiger partial charge on any atom is 0.245 e. The minimum absolute atomic E-state index is 0.0885. The molecule has 0 aromatic carbocycles. The number of carbonyl (C=O) groups is 1. The van der Waals surface area contributed by atoms with Gasteiger partial charge >= 0.3 is 0 Å². The van der Waals surface area contributed by atoms with Gasteiger partial charge in [-0.25, -0.2) is 8.78 Å². The van der Waals surface area contributed by atoms with Gasteiger partial charge in [0.05, 0.1) is 0 Å². The topological polar surface area (TPSA) is 20.3 Å². The molecular weight excluding hydrogens is 164 g/mol. The first kappa shape index (κ1) is 11.3. The number of nitrogens with zero attached hydrogens (tertiary/aromatic N) is 1. The Balaban J connectivity index is 3.51. The summed E-state index contributed by atoms with van der Waals surface area (Å²) in [6, 6.07) is 0. The van der Waals surface area contributed by atoms with Crippen LogP contribution in [0.3, 0.4) is 0 Å². The molecule has 2 nitrogen and oxygen atoms in total. The van der Waals surface area contributed by atoms with Crippen molar-refractivity contribution in [1.82, 2.24) is 4.90 Å². The molecule has 0 radical (unpaired) electrons. The molecule has 0 saturated heterocycles. The summed E-state index contributed by atoms with van der Waals surface area (Å²) in [5, 5.41) is 0. The van der Waals surface area contributed by atoms with E-state index in [1.165, 1.54) is 11.8 Å². The number of rotatable bonds is 4. The second-order valence-electron chi connectivity index (χ2n) is 3.11. The molecule has 0 saturated carbocycles. The third-order valence-corrected chi connectivity index (χ3v) is 1.65. The molecule has 0 rings (SSSR count). The van der Waals surface area contributed by atoms with Crippen molar-refractivity contribution in [1.29, 1.82) is 0 Å². The Labute approximate surface area is 71.5 Å². The zero-order valence-electron chi connectivity index (χ0n) is 7.73. The first-order valence-corrected chi connectivity index (χ1v) is 3.92. The Morgan fingerprint density at radius 1 is 1.50 bits per heavy atom. The summed E-state index contributed by atoms with van der Waals surface area (Å²) in [7, 11) is 1.61. The van der Waals surface area contributed by atoms with Crippen molar-refractivity contribution in [3.63, 3.8) is 0 Å². The Hall–Kier alpha value is -0.670. The molecule has 72 valence electrons. The van der Waals surface area contributed by atoms with E-state index in [9.17, 15) is 13.6 Å². The van der Waals surface area contributed by atoms with Crippen molar-refractivity contribution in [2.75, 3.05) is 13.6 Å². The SMILES string of the molecule is CC(=O)N(C)CCCC(C)(F)F. The van der Waals surface area contributed by atoms with Crippen molar-refractivity contribution in [3.8, 4) is 0 Å². The summed E-state index contributed by atoms with van der Waals surface area (Å²) in [5.74, 6) is -2.70. The van der Waals surface area contributed by atoms with Gasteiger partial charge in [0.2, 0.25) is 11.8 Å². The molecule has 0 unspecified atom stereocenters. The zero-order chi connectivity index (χ0) is 9.78. The molecule has 0 aromatic rings. The molecule has 0 atom stereocenters. The van der Waals surface area contributed by atoms with Gasteiger partial charge in [-0.3, -0.25) is 4.79 Å². The molecule has 0 N–H and O–H groups in total. The second-order valence-corrected chi connectivity index (χ2v) is 3.11. The van der Waals surface area contributed by atoms with Gasteiger partial charge in [0.25, 0.3) is 0 Å². The molecular formula is C8H15F2NO. The minimum atomic E-state index is -2.61. The van der Waals surface area contributed by atoms with Gasteiger partial charge in [0, 0.05) is 26.9 Å². The van der Waals surface area contributed by atoms with E-state index in [1.807, 2.05) is 0 Å². The molecule has 0 aliphatic rings.